The van der Waals surface area contributed by atoms with Crippen LogP contribution in [0.25, 0.3) is 12.2 Å². The molecule has 6 heterocycles. The van der Waals surface area contributed by atoms with Crippen molar-refractivity contribution >= 4 is 44.0 Å². The second-order valence-corrected chi connectivity index (χ2v) is 20.6. The number of fused-ring (bicyclic) bond motifs is 6. The molecule has 0 radical (unpaired) electrons. The zero-order chi connectivity index (χ0) is 47.8. The predicted octanol–water partition coefficient (Wildman–Crippen LogP) is 2.52. The lowest BCUT2D eigenvalue weighted by Crippen LogP contribution is -2.50. The number of nitrogens with zero attached hydrogens (tertiary/aromatic N) is 4. The first-order valence-corrected chi connectivity index (χ1v) is 25.0. The highest BCUT2D eigenvalue weighted by Crippen LogP contribution is 2.51. The molecule has 2 fully saturated rings. The lowest BCUT2D eigenvalue weighted by molar-refractivity contribution is -0.127. The first kappa shape index (κ1) is 48.3. The number of allylic oxidation sites excluding steroid dienone is 2. The van der Waals surface area contributed by atoms with Crippen LogP contribution in [0.15, 0.2) is 94.5 Å². The molecule has 4 aliphatic heterocycles. The molecule has 0 aliphatic carbocycles. The number of carbonyl (C=O) groups excluding carboxylic acids is 2. The van der Waals surface area contributed by atoms with Gasteiger partial charge >= 0.3 is 0 Å². The van der Waals surface area contributed by atoms with E-state index < -0.39 is 105 Å². The number of hydrogen-bond acceptors (Lipinski definition) is 10. The van der Waals surface area contributed by atoms with Crippen LogP contribution in [0.2, 0.25) is 0 Å². The minimum atomic E-state index is -3.90. The third kappa shape index (κ3) is 8.96. The first-order valence-electron chi connectivity index (χ1n) is 21.3. The number of aliphatic hydroxyl groups excluding tert-OH is 2. The zero-order valence-corrected chi connectivity index (χ0v) is 38.3. The fraction of sp³-hybridized carbons (Fsp3) is 0.391. The molecule has 0 saturated carbocycles. The van der Waals surface area contributed by atoms with Crippen molar-refractivity contribution in [2.45, 2.75) is 64.2 Å². The highest BCUT2D eigenvalue weighted by molar-refractivity contribution is 7.88. The molecule has 2 aromatic heterocycles. The number of nitrogens with one attached hydrogen (secondary N) is 2. The molecular weight excluding hydrogens is 899 g/mol. The third-order valence-corrected chi connectivity index (χ3v) is 15.4. The SMILES string of the molecule is C/C=C/c1ccc2n(c1=O)C[C@@H]1[C@@H](CO)[C@H](C(=O)NCc3ccccc3F)N(S(C)(=O)=O)[C@H]21.C/C=C\c1ccc2n(c1=O)C[C@@H]1[C@@H](CO)[C@H](C(=O)NCc3ccccc3F)N(S(C)(=O)=O)[C@H]21. The molecule has 0 bridgehead atoms. The van der Waals surface area contributed by atoms with Crippen molar-refractivity contribution in [1.82, 2.24) is 28.4 Å². The van der Waals surface area contributed by atoms with Gasteiger partial charge in [0, 0.05) is 96.7 Å². The van der Waals surface area contributed by atoms with E-state index in [2.05, 4.69) is 10.6 Å². The van der Waals surface area contributed by atoms with Gasteiger partial charge in [0.15, 0.2) is 0 Å². The molecule has 4 aromatic rings. The number of halogens is 2. The molecule has 20 heteroatoms. The van der Waals surface area contributed by atoms with Crippen molar-refractivity contribution in [2.24, 2.45) is 23.7 Å². The summed E-state index contributed by atoms with van der Waals surface area (Å²) in [7, 11) is -7.81. The molecule has 2 amide bonds. The number of pyridine rings is 2. The molecule has 352 valence electrons. The van der Waals surface area contributed by atoms with Gasteiger partial charge in [-0.2, -0.15) is 8.61 Å². The van der Waals surface area contributed by atoms with E-state index in [1.54, 1.807) is 74.5 Å². The van der Waals surface area contributed by atoms with Gasteiger partial charge in [-0.25, -0.2) is 25.6 Å². The number of carbonyl (C=O) groups is 2. The van der Waals surface area contributed by atoms with Gasteiger partial charge in [-0.05, 0) is 50.2 Å². The molecule has 66 heavy (non-hydrogen) atoms. The molecule has 8 atom stereocenters. The molecule has 0 spiro atoms. The summed E-state index contributed by atoms with van der Waals surface area (Å²) < 4.78 is 84.6. The van der Waals surface area contributed by atoms with E-state index in [9.17, 15) is 55.0 Å². The van der Waals surface area contributed by atoms with Crippen LogP contribution < -0.4 is 21.8 Å². The van der Waals surface area contributed by atoms with Crippen molar-refractivity contribution in [3.8, 4) is 0 Å². The Kier molecular flexibility index (Phi) is 14.1. The molecular formula is C46H52F2N6O10S2. The van der Waals surface area contributed by atoms with E-state index in [0.29, 0.717) is 22.5 Å². The molecule has 8 rings (SSSR count). The Morgan fingerprint density at radius 1 is 0.636 bits per heavy atom. The molecule has 4 N–H and O–H groups in total. The summed E-state index contributed by atoms with van der Waals surface area (Å²) in [5.41, 5.74) is 1.99. The van der Waals surface area contributed by atoms with E-state index >= 15 is 0 Å². The lowest BCUT2D eigenvalue weighted by atomic mass is 9.88. The second kappa shape index (κ2) is 19.3. The summed E-state index contributed by atoms with van der Waals surface area (Å²) >= 11 is 0. The number of hydrogen-bond donors (Lipinski definition) is 4. The number of rotatable bonds is 12. The van der Waals surface area contributed by atoms with Crippen molar-refractivity contribution in [2.75, 3.05) is 25.7 Å². The van der Waals surface area contributed by atoms with Gasteiger partial charge in [-0.1, -0.05) is 60.7 Å². The van der Waals surface area contributed by atoms with E-state index in [-0.39, 0.29) is 48.4 Å². The summed E-state index contributed by atoms with van der Waals surface area (Å²) in [6.45, 7) is 2.88. The molecule has 2 aromatic carbocycles. The minimum absolute atomic E-state index is 0.115. The van der Waals surface area contributed by atoms with E-state index in [1.807, 2.05) is 0 Å². The van der Waals surface area contributed by atoms with Gasteiger partial charge in [0.05, 0.1) is 24.6 Å². The standard InChI is InChI=1S/2C23H26FN3O5S/c2*1-3-6-14-9-10-19-20-16(12-26(19)23(14)30)17(13-28)21(27(20)33(2,31)32)22(29)25-11-15-7-4-5-8-18(15)24/h2*3-10,16-17,20-21,28H,11-13H2,1-2H3,(H,25,29)/b6-3+;6-3-/t2*16-,17-,20+,21-/m11/s1. The minimum Gasteiger partial charge on any atom is -0.396 e. The van der Waals surface area contributed by atoms with E-state index in [1.165, 1.54) is 45.5 Å². The third-order valence-electron chi connectivity index (χ3n) is 12.9. The van der Waals surface area contributed by atoms with Crippen LogP contribution in [-0.4, -0.2) is 94.4 Å². The van der Waals surface area contributed by atoms with Crippen LogP contribution in [0, 0.1) is 35.3 Å². The van der Waals surface area contributed by atoms with Crippen molar-refractivity contribution in [3.63, 3.8) is 0 Å². The highest BCUT2D eigenvalue weighted by atomic mass is 32.2. The Labute approximate surface area is 381 Å². The Balaban J connectivity index is 0.000000196. The normalized spacial score (nSPS) is 24.7. The molecule has 2 saturated heterocycles. The predicted molar refractivity (Wildman–Crippen MR) is 242 cm³/mol. The van der Waals surface area contributed by atoms with Crippen molar-refractivity contribution in [3.05, 3.63) is 151 Å². The van der Waals surface area contributed by atoms with Crippen LogP contribution >= 0.6 is 0 Å². The summed E-state index contributed by atoms with van der Waals surface area (Å²) in [6, 6.07) is 14.8. The van der Waals surface area contributed by atoms with Crippen LogP contribution in [0.1, 0.15) is 59.6 Å². The quantitative estimate of drug-likeness (QED) is 0.163. The summed E-state index contributed by atoms with van der Waals surface area (Å²) in [5.74, 6) is -4.56. The number of amides is 2. The van der Waals surface area contributed by atoms with Crippen molar-refractivity contribution < 1.29 is 45.4 Å². The molecule has 0 unspecified atom stereocenters. The Hall–Kier alpha value is -5.64. The van der Waals surface area contributed by atoms with Gasteiger partial charge < -0.3 is 30.0 Å². The summed E-state index contributed by atoms with van der Waals surface area (Å²) in [5, 5.41) is 25.6. The van der Waals surface area contributed by atoms with E-state index in [4.69, 9.17) is 0 Å². The molecule has 4 aliphatic rings. The summed E-state index contributed by atoms with van der Waals surface area (Å²) in [6.07, 6.45) is 8.87. The molecule has 16 nitrogen and oxygen atoms in total. The topological polar surface area (TPSA) is 217 Å². The van der Waals surface area contributed by atoms with Crippen LogP contribution in [0.3, 0.4) is 0 Å². The number of aromatic nitrogens is 2. The van der Waals surface area contributed by atoms with Gasteiger partial charge in [0.25, 0.3) is 11.1 Å². The number of sulfonamides is 2. The van der Waals surface area contributed by atoms with Crippen molar-refractivity contribution in [1.29, 1.82) is 0 Å². The van der Waals surface area contributed by atoms with Gasteiger partial charge in [-0.15, -0.1) is 0 Å². The van der Waals surface area contributed by atoms with Gasteiger partial charge in [0.1, 0.15) is 23.7 Å². The van der Waals surface area contributed by atoms with Gasteiger partial charge in [0.2, 0.25) is 31.9 Å². The van der Waals surface area contributed by atoms with E-state index in [0.717, 1.165) is 21.1 Å². The zero-order valence-electron chi connectivity index (χ0n) is 36.6. The monoisotopic (exact) mass is 950 g/mol. The Morgan fingerprint density at radius 2 is 1.00 bits per heavy atom. The van der Waals surface area contributed by atoms with Crippen LogP contribution in [-0.2, 0) is 55.8 Å². The maximum Gasteiger partial charge on any atom is 0.258 e. The van der Waals surface area contributed by atoms with Crippen LogP contribution in [0.5, 0.6) is 0 Å². The van der Waals surface area contributed by atoms with Crippen LogP contribution in [0.4, 0.5) is 8.78 Å². The van der Waals surface area contributed by atoms with Gasteiger partial charge in [-0.3, -0.25) is 19.2 Å². The Bertz CT molecular complexity index is 2740. The smallest absolute Gasteiger partial charge is 0.258 e. The summed E-state index contributed by atoms with van der Waals surface area (Å²) in [4.78, 5) is 52.2. The first-order chi connectivity index (χ1) is 31.4. The fourth-order valence-electron chi connectivity index (χ4n) is 10.1. The maximum atomic E-state index is 14.0. The largest absolute Gasteiger partial charge is 0.396 e. The fourth-order valence-corrected chi connectivity index (χ4v) is 12.8. The second-order valence-electron chi connectivity index (χ2n) is 16.9. The number of benzene rings is 2. The number of aliphatic hydroxyl groups is 2. The maximum absolute atomic E-state index is 14.0. The lowest BCUT2D eigenvalue weighted by Gasteiger charge is -2.28. The average Bonchev–Trinajstić information content (AvgIpc) is 4.01. The Morgan fingerprint density at radius 3 is 1.32 bits per heavy atom. The average molecular weight is 951 g/mol. The highest BCUT2D eigenvalue weighted by Gasteiger charge is 2.60.